The van der Waals surface area contributed by atoms with Crippen molar-refractivity contribution in [1.29, 1.82) is 0 Å². The van der Waals surface area contributed by atoms with Gasteiger partial charge in [0.1, 0.15) is 6.04 Å². The number of rotatable bonds is 6. The van der Waals surface area contributed by atoms with Crippen molar-refractivity contribution in [1.82, 2.24) is 10.8 Å². The summed E-state index contributed by atoms with van der Waals surface area (Å²) >= 11 is 0. The highest BCUT2D eigenvalue weighted by Crippen LogP contribution is 2.09. The smallest absolute Gasteiger partial charge is 0.267 e. The van der Waals surface area contributed by atoms with Gasteiger partial charge in [0.15, 0.2) is 0 Å². The van der Waals surface area contributed by atoms with Crippen LogP contribution in [0.1, 0.15) is 40.9 Å². The van der Waals surface area contributed by atoms with Gasteiger partial charge in [-0.25, -0.2) is 5.48 Å². The van der Waals surface area contributed by atoms with Crippen molar-refractivity contribution in [2.24, 2.45) is 5.73 Å². The van der Waals surface area contributed by atoms with Crippen LogP contribution in [0.3, 0.4) is 0 Å². The van der Waals surface area contributed by atoms with Crippen molar-refractivity contribution in [2.45, 2.75) is 32.0 Å². The topological polar surface area (TPSA) is 125 Å². The van der Waals surface area contributed by atoms with E-state index in [9.17, 15) is 9.59 Å². The maximum Gasteiger partial charge on any atom is 0.267 e. The summed E-state index contributed by atoms with van der Waals surface area (Å²) in [6, 6.07) is 12.9. The average Bonchev–Trinajstić information content (AvgIpc) is 2.74. The van der Waals surface area contributed by atoms with Crippen molar-refractivity contribution in [2.75, 3.05) is 0 Å². The monoisotopic (exact) mass is 407 g/mol. The molecular formula is C23H25N3O4. The van der Waals surface area contributed by atoms with Crippen molar-refractivity contribution in [3.05, 3.63) is 76.9 Å². The fourth-order valence-electron chi connectivity index (χ4n) is 2.57. The maximum absolute atomic E-state index is 12.4. The normalized spacial score (nSPS) is 12.0. The molecule has 0 aromatic heterocycles. The highest BCUT2D eigenvalue weighted by molar-refractivity contribution is 5.97. The Bertz CT molecular complexity index is 963. The molecule has 0 heterocycles. The molecule has 0 saturated carbocycles. The molecule has 6 N–H and O–H groups in total. The van der Waals surface area contributed by atoms with E-state index < -0.39 is 23.4 Å². The highest BCUT2D eigenvalue weighted by Gasteiger charge is 2.33. The second-order valence-corrected chi connectivity index (χ2v) is 7.28. The third kappa shape index (κ3) is 6.57. The number of hydrogen-bond donors (Lipinski definition) is 5. The van der Waals surface area contributed by atoms with Crippen molar-refractivity contribution < 1.29 is 19.9 Å². The third-order valence-electron chi connectivity index (χ3n) is 4.28. The van der Waals surface area contributed by atoms with Gasteiger partial charge in [-0.05, 0) is 61.4 Å². The lowest BCUT2D eigenvalue weighted by atomic mass is 9.95. The van der Waals surface area contributed by atoms with Crippen LogP contribution >= 0.6 is 0 Å². The fraction of sp³-hybridized carbons (Fsp3) is 0.217. The van der Waals surface area contributed by atoms with Gasteiger partial charge in [0, 0.05) is 16.7 Å². The van der Waals surface area contributed by atoms with Crippen LogP contribution in [0.4, 0.5) is 0 Å². The molecule has 1 atom stereocenters. The Morgan fingerprint density at radius 2 is 1.77 bits per heavy atom. The summed E-state index contributed by atoms with van der Waals surface area (Å²) in [5.74, 6) is 4.61. The van der Waals surface area contributed by atoms with Crippen LogP contribution in [0, 0.1) is 11.8 Å². The summed E-state index contributed by atoms with van der Waals surface area (Å²) in [6.45, 7) is 3.15. The Morgan fingerprint density at radius 1 is 1.13 bits per heavy atom. The Kier molecular flexibility index (Phi) is 7.90. The quantitative estimate of drug-likeness (QED) is 0.283. The first-order valence-corrected chi connectivity index (χ1v) is 9.26. The molecule has 0 bridgehead atoms. The Hall–Kier alpha value is -3.44. The third-order valence-corrected chi connectivity index (χ3v) is 4.28. The SMILES string of the molecule is CC(C)(N)[C@H](NC(=O)c1ccc(C#C/C=C/c2ccc(CO)cc2)cc1)C(=O)NO. The summed E-state index contributed by atoms with van der Waals surface area (Å²) in [5, 5.41) is 20.4. The van der Waals surface area contributed by atoms with Gasteiger partial charge in [-0.15, -0.1) is 0 Å². The largest absolute Gasteiger partial charge is 0.392 e. The maximum atomic E-state index is 12.4. The molecule has 0 radical (unpaired) electrons. The minimum absolute atomic E-state index is 0.0110. The standard InChI is InChI=1S/C23H25N3O4/c1-23(2,24)20(22(29)26-30)25-21(28)19-13-11-17(12-14-19)6-4-3-5-16-7-9-18(15-27)10-8-16/h3,5,7-14,20,27,30H,15,24H2,1-2H3,(H,25,28)(H,26,29)/b5-3+/t20-/m1/s1. The van der Waals surface area contributed by atoms with Crippen LogP contribution in [-0.4, -0.2) is 33.7 Å². The summed E-state index contributed by atoms with van der Waals surface area (Å²) in [6.07, 6.45) is 3.58. The molecule has 0 unspecified atom stereocenters. The molecular weight excluding hydrogens is 382 g/mol. The number of benzene rings is 2. The number of carbonyl (C=O) groups excluding carboxylic acids is 2. The number of carbonyl (C=O) groups is 2. The molecule has 0 aliphatic rings. The van der Waals surface area contributed by atoms with Gasteiger partial charge in [-0.1, -0.05) is 36.1 Å². The van der Waals surface area contributed by atoms with E-state index in [1.807, 2.05) is 30.3 Å². The van der Waals surface area contributed by atoms with E-state index in [4.69, 9.17) is 16.0 Å². The van der Waals surface area contributed by atoms with E-state index in [-0.39, 0.29) is 6.61 Å². The lowest BCUT2D eigenvalue weighted by Gasteiger charge is -2.29. The van der Waals surface area contributed by atoms with Gasteiger partial charge in [-0.3, -0.25) is 14.8 Å². The number of aliphatic hydroxyl groups excluding tert-OH is 1. The molecule has 0 spiro atoms. The van der Waals surface area contributed by atoms with E-state index in [0.717, 1.165) is 16.7 Å². The first kappa shape index (κ1) is 22.8. The number of amides is 2. The van der Waals surface area contributed by atoms with Gasteiger partial charge < -0.3 is 16.2 Å². The van der Waals surface area contributed by atoms with Gasteiger partial charge in [0.2, 0.25) is 0 Å². The minimum Gasteiger partial charge on any atom is -0.392 e. The molecule has 0 saturated heterocycles. The van der Waals surface area contributed by atoms with Gasteiger partial charge in [0.25, 0.3) is 11.8 Å². The zero-order valence-electron chi connectivity index (χ0n) is 16.8. The lowest BCUT2D eigenvalue weighted by Crippen LogP contribution is -2.61. The molecule has 156 valence electrons. The van der Waals surface area contributed by atoms with E-state index >= 15 is 0 Å². The number of aliphatic hydroxyl groups is 1. The van der Waals surface area contributed by atoms with E-state index in [2.05, 4.69) is 17.2 Å². The molecule has 7 nitrogen and oxygen atoms in total. The lowest BCUT2D eigenvalue weighted by molar-refractivity contribution is -0.132. The van der Waals surface area contributed by atoms with Gasteiger partial charge in [-0.2, -0.15) is 0 Å². The predicted molar refractivity (Wildman–Crippen MR) is 114 cm³/mol. The number of allylic oxidation sites excluding steroid dienone is 1. The Balaban J connectivity index is 2.02. The zero-order chi connectivity index (χ0) is 22.1. The Labute approximate surface area is 175 Å². The van der Waals surface area contributed by atoms with E-state index in [1.54, 1.807) is 44.2 Å². The second kappa shape index (κ2) is 10.4. The molecule has 0 aliphatic heterocycles. The van der Waals surface area contributed by atoms with Crippen LogP contribution in [0.2, 0.25) is 0 Å². The van der Waals surface area contributed by atoms with Crippen LogP contribution in [-0.2, 0) is 11.4 Å². The molecule has 2 aromatic carbocycles. The minimum atomic E-state index is -1.11. The fourth-order valence-corrected chi connectivity index (χ4v) is 2.57. The van der Waals surface area contributed by atoms with E-state index in [0.29, 0.717) is 5.56 Å². The predicted octanol–water partition coefficient (Wildman–Crippen LogP) is 1.58. The van der Waals surface area contributed by atoms with Gasteiger partial charge in [0.05, 0.1) is 6.61 Å². The highest BCUT2D eigenvalue weighted by atomic mass is 16.5. The average molecular weight is 407 g/mol. The van der Waals surface area contributed by atoms with E-state index in [1.165, 1.54) is 5.48 Å². The summed E-state index contributed by atoms with van der Waals surface area (Å²) in [4.78, 5) is 24.2. The van der Waals surface area contributed by atoms with Gasteiger partial charge >= 0.3 is 0 Å². The molecule has 2 amide bonds. The zero-order valence-corrected chi connectivity index (χ0v) is 16.8. The number of hydrogen-bond acceptors (Lipinski definition) is 5. The Morgan fingerprint density at radius 3 is 2.30 bits per heavy atom. The van der Waals surface area contributed by atoms with Crippen molar-refractivity contribution in [3.63, 3.8) is 0 Å². The summed E-state index contributed by atoms with van der Waals surface area (Å²) in [7, 11) is 0. The first-order chi connectivity index (χ1) is 14.2. The molecule has 7 heteroatoms. The van der Waals surface area contributed by atoms with Crippen molar-refractivity contribution in [3.8, 4) is 11.8 Å². The molecule has 0 aliphatic carbocycles. The first-order valence-electron chi connectivity index (χ1n) is 9.26. The number of hydroxylamine groups is 1. The summed E-state index contributed by atoms with van der Waals surface area (Å²) < 4.78 is 0. The molecule has 2 rings (SSSR count). The molecule has 0 fully saturated rings. The molecule has 30 heavy (non-hydrogen) atoms. The number of nitrogens with two attached hydrogens (primary N) is 1. The van der Waals surface area contributed by atoms with Crippen LogP contribution in [0.5, 0.6) is 0 Å². The van der Waals surface area contributed by atoms with Crippen LogP contribution in [0.15, 0.2) is 54.6 Å². The van der Waals surface area contributed by atoms with Crippen LogP contribution < -0.4 is 16.5 Å². The number of nitrogens with one attached hydrogen (secondary N) is 2. The van der Waals surface area contributed by atoms with Crippen molar-refractivity contribution >= 4 is 17.9 Å². The molecule has 2 aromatic rings. The summed E-state index contributed by atoms with van der Waals surface area (Å²) in [5.41, 5.74) is 9.22. The van der Waals surface area contributed by atoms with Crippen LogP contribution in [0.25, 0.3) is 6.08 Å². The second-order valence-electron chi connectivity index (χ2n) is 7.28.